The lowest BCUT2D eigenvalue weighted by Crippen LogP contribution is -2.32. The number of amides is 1. The summed E-state index contributed by atoms with van der Waals surface area (Å²) in [4.78, 5) is 15.1. The highest BCUT2D eigenvalue weighted by Gasteiger charge is 2.16. The van der Waals surface area contributed by atoms with Crippen LogP contribution in [-0.4, -0.2) is 42.5 Å². The van der Waals surface area contributed by atoms with Crippen LogP contribution in [0.4, 0.5) is 5.69 Å². The molecule has 1 heterocycles. The average molecular weight is 377 g/mol. The first-order valence-corrected chi connectivity index (χ1v) is 9.73. The zero-order valence-electron chi connectivity index (χ0n) is 14.1. The Hall–Kier alpha value is -1.69. The van der Waals surface area contributed by atoms with Crippen LogP contribution in [0.2, 0.25) is 5.02 Å². The molecular formula is C19H21ClN2O2S. The van der Waals surface area contributed by atoms with E-state index in [4.69, 9.17) is 16.3 Å². The van der Waals surface area contributed by atoms with Crippen LogP contribution in [0.1, 0.15) is 15.9 Å². The van der Waals surface area contributed by atoms with Gasteiger partial charge in [-0.25, -0.2) is 0 Å². The quantitative estimate of drug-likeness (QED) is 0.851. The first-order valence-electron chi connectivity index (χ1n) is 8.20. The number of benzene rings is 2. The third kappa shape index (κ3) is 4.69. The van der Waals surface area contributed by atoms with Crippen LogP contribution in [0.3, 0.4) is 0 Å². The van der Waals surface area contributed by atoms with Crippen LogP contribution in [0.25, 0.3) is 0 Å². The molecular weight excluding hydrogens is 356 g/mol. The molecule has 0 saturated carbocycles. The van der Waals surface area contributed by atoms with Gasteiger partial charge in [0.25, 0.3) is 5.91 Å². The van der Waals surface area contributed by atoms with E-state index in [0.29, 0.717) is 16.3 Å². The third-order valence-electron chi connectivity index (χ3n) is 4.17. The number of rotatable bonds is 5. The average Bonchev–Trinajstić information content (AvgIpc) is 2.64. The zero-order valence-corrected chi connectivity index (χ0v) is 15.7. The van der Waals surface area contributed by atoms with Crippen LogP contribution in [-0.2, 0) is 6.54 Å². The van der Waals surface area contributed by atoms with Crippen LogP contribution in [0, 0.1) is 0 Å². The van der Waals surface area contributed by atoms with Crippen molar-refractivity contribution in [2.45, 2.75) is 6.54 Å². The molecule has 0 aliphatic carbocycles. The van der Waals surface area contributed by atoms with Gasteiger partial charge in [0, 0.05) is 41.8 Å². The van der Waals surface area contributed by atoms with Crippen molar-refractivity contribution in [3.63, 3.8) is 0 Å². The maximum absolute atomic E-state index is 12.7. The molecule has 2 aromatic rings. The first kappa shape index (κ1) is 18.1. The van der Waals surface area contributed by atoms with Crippen molar-refractivity contribution >= 4 is 35.0 Å². The molecule has 1 fully saturated rings. The predicted molar refractivity (Wildman–Crippen MR) is 105 cm³/mol. The molecule has 25 heavy (non-hydrogen) atoms. The number of anilines is 1. The maximum atomic E-state index is 12.7. The molecule has 6 heteroatoms. The summed E-state index contributed by atoms with van der Waals surface area (Å²) in [7, 11) is 1.54. The van der Waals surface area contributed by atoms with E-state index in [-0.39, 0.29) is 5.91 Å². The molecule has 1 amide bonds. The van der Waals surface area contributed by atoms with Gasteiger partial charge in [-0.2, -0.15) is 11.8 Å². The predicted octanol–water partition coefficient (Wildman–Crippen LogP) is 4.15. The number of methoxy groups -OCH3 is 1. The Balaban J connectivity index is 1.78. The van der Waals surface area contributed by atoms with Gasteiger partial charge in [-0.3, -0.25) is 9.69 Å². The van der Waals surface area contributed by atoms with Crippen molar-refractivity contribution in [1.29, 1.82) is 0 Å². The Morgan fingerprint density at radius 3 is 2.76 bits per heavy atom. The fourth-order valence-electron chi connectivity index (χ4n) is 2.83. The molecule has 132 valence electrons. The van der Waals surface area contributed by atoms with E-state index in [1.807, 2.05) is 30.0 Å². The molecule has 0 radical (unpaired) electrons. The molecule has 1 aliphatic heterocycles. The van der Waals surface area contributed by atoms with E-state index in [0.717, 1.165) is 42.4 Å². The summed E-state index contributed by atoms with van der Waals surface area (Å²) in [6.07, 6.45) is 0. The lowest BCUT2D eigenvalue weighted by molar-refractivity contribution is 0.102. The fourth-order valence-corrected chi connectivity index (χ4v) is 3.98. The van der Waals surface area contributed by atoms with Gasteiger partial charge in [0.05, 0.1) is 12.7 Å². The highest BCUT2D eigenvalue weighted by Crippen LogP contribution is 2.25. The third-order valence-corrected chi connectivity index (χ3v) is 5.35. The lowest BCUT2D eigenvalue weighted by atomic mass is 10.1. The van der Waals surface area contributed by atoms with Gasteiger partial charge in [-0.05, 0) is 29.8 Å². The summed E-state index contributed by atoms with van der Waals surface area (Å²) < 4.78 is 5.28. The van der Waals surface area contributed by atoms with Gasteiger partial charge in [-0.1, -0.05) is 29.8 Å². The maximum Gasteiger partial charge on any atom is 0.259 e. The minimum atomic E-state index is -0.221. The Bertz CT molecular complexity index is 748. The molecule has 4 nitrogen and oxygen atoms in total. The summed E-state index contributed by atoms with van der Waals surface area (Å²) in [5.41, 5.74) is 2.37. The first-order chi connectivity index (χ1) is 12.2. The number of thioether (sulfide) groups is 1. The van der Waals surface area contributed by atoms with Crippen molar-refractivity contribution in [1.82, 2.24) is 4.90 Å². The van der Waals surface area contributed by atoms with Crippen molar-refractivity contribution in [2.75, 3.05) is 37.0 Å². The number of carbonyl (C=O) groups excluding carboxylic acids is 1. The second-order valence-corrected chi connectivity index (χ2v) is 7.51. The lowest BCUT2D eigenvalue weighted by Gasteiger charge is -2.27. The number of ether oxygens (including phenoxy) is 1. The highest BCUT2D eigenvalue weighted by molar-refractivity contribution is 7.99. The minimum Gasteiger partial charge on any atom is -0.496 e. The number of halogens is 1. The van der Waals surface area contributed by atoms with Gasteiger partial charge in [0.1, 0.15) is 5.75 Å². The smallest absolute Gasteiger partial charge is 0.259 e. The van der Waals surface area contributed by atoms with Crippen LogP contribution < -0.4 is 10.1 Å². The van der Waals surface area contributed by atoms with Gasteiger partial charge in [0.15, 0.2) is 0 Å². The van der Waals surface area contributed by atoms with Crippen molar-refractivity contribution in [3.8, 4) is 5.75 Å². The van der Waals surface area contributed by atoms with Crippen LogP contribution in [0.15, 0.2) is 42.5 Å². The highest BCUT2D eigenvalue weighted by atomic mass is 35.5. The largest absolute Gasteiger partial charge is 0.496 e. The second kappa shape index (κ2) is 8.61. The molecule has 2 aromatic carbocycles. The molecule has 0 aromatic heterocycles. The molecule has 1 saturated heterocycles. The Morgan fingerprint density at radius 1 is 1.24 bits per heavy atom. The molecule has 1 N–H and O–H groups in total. The number of carbonyl (C=O) groups is 1. The van der Waals surface area contributed by atoms with Crippen LogP contribution >= 0.6 is 23.4 Å². The van der Waals surface area contributed by atoms with Crippen molar-refractivity contribution in [2.24, 2.45) is 0 Å². The molecule has 0 bridgehead atoms. The molecule has 0 unspecified atom stereocenters. The summed E-state index contributed by atoms with van der Waals surface area (Å²) in [6.45, 7) is 2.99. The van der Waals surface area contributed by atoms with Crippen LogP contribution in [0.5, 0.6) is 5.75 Å². The zero-order chi connectivity index (χ0) is 17.6. The number of para-hydroxylation sites is 1. The monoisotopic (exact) mass is 376 g/mol. The van der Waals surface area contributed by atoms with Gasteiger partial charge in [-0.15, -0.1) is 0 Å². The summed E-state index contributed by atoms with van der Waals surface area (Å²) >= 11 is 8.03. The Morgan fingerprint density at radius 2 is 2.00 bits per heavy atom. The SMILES string of the molecule is COc1ccc(Cl)cc1C(=O)Nc1ccccc1CN1CCSCC1. The van der Waals surface area contributed by atoms with Crippen molar-refractivity contribution in [3.05, 3.63) is 58.6 Å². The van der Waals surface area contributed by atoms with E-state index >= 15 is 0 Å². The topological polar surface area (TPSA) is 41.6 Å². The number of nitrogens with one attached hydrogen (secondary N) is 1. The normalized spacial score (nSPS) is 15.0. The van der Waals surface area contributed by atoms with Crippen molar-refractivity contribution < 1.29 is 9.53 Å². The second-order valence-electron chi connectivity index (χ2n) is 5.84. The number of nitrogens with zero attached hydrogens (tertiary/aromatic N) is 1. The van der Waals surface area contributed by atoms with Gasteiger partial charge >= 0.3 is 0 Å². The molecule has 0 spiro atoms. The van der Waals surface area contributed by atoms with Gasteiger partial charge in [0.2, 0.25) is 0 Å². The molecule has 1 aliphatic rings. The minimum absolute atomic E-state index is 0.221. The standard InChI is InChI=1S/C19H21ClN2O2S/c1-24-18-7-6-15(20)12-16(18)19(23)21-17-5-3-2-4-14(17)13-22-8-10-25-11-9-22/h2-7,12H,8-11,13H2,1H3,(H,21,23). The summed E-state index contributed by atoms with van der Waals surface area (Å²) in [5.74, 6) is 2.61. The van der Waals surface area contributed by atoms with E-state index in [1.54, 1.807) is 25.3 Å². The fraction of sp³-hybridized carbons (Fsp3) is 0.316. The number of hydrogen-bond donors (Lipinski definition) is 1. The number of hydrogen-bond acceptors (Lipinski definition) is 4. The van der Waals surface area contributed by atoms with E-state index in [9.17, 15) is 4.79 Å². The summed E-state index contributed by atoms with van der Waals surface area (Å²) in [6, 6.07) is 13.0. The summed E-state index contributed by atoms with van der Waals surface area (Å²) in [5, 5.41) is 3.51. The molecule has 0 atom stereocenters. The Kier molecular flexibility index (Phi) is 6.24. The van der Waals surface area contributed by atoms with Gasteiger partial charge < -0.3 is 10.1 Å². The van der Waals surface area contributed by atoms with E-state index < -0.39 is 0 Å². The van der Waals surface area contributed by atoms with E-state index in [2.05, 4.69) is 16.3 Å². The Labute approximate surface area is 157 Å². The molecule has 3 rings (SSSR count). The van der Waals surface area contributed by atoms with E-state index in [1.165, 1.54) is 0 Å².